The van der Waals surface area contributed by atoms with E-state index in [1.807, 2.05) is 45.0 Å². The maximum Gasteiger partial charge on any atom is 0.199 e. The number of fused-ring (bicyclic) bond motifs is 1. The molecular formula is C15H19NO2. The average molecular weight is 245 g/mol. The Bertz CT molecular complexity index is 557. The molecule has 0 saturated heterocycles. The van der Waals surface area contributed by atoms with Gasteiger partial charge < -0.3 is 9.73 Å². The van der Waals surface area contributed by atoms with Gasteiger partial charge in [0.05, 0.1) is 0 Å². The third kappa shape index (κ3) is 2.79. The highest BCUT2D eigenvalue weighted by atomic mass is 16.3. The monoisotopic (exact) mass is 245 g/mol. The van der Waals surface area contributed by atoms with Crippen LogP contribution in [-0.4, -0.2) is 18.4 Å². The molecular weight excluding hydrogens is 226 g/mol. The number of furan rings is 1. The summed E-state index contributed by atoms with van der Waals surface area (Å²) in [4.78, 5) is 12.1. The van der Waals surface area contributed by atoms with Gasteiger partial charge in [0.15, 0.2) is 11.5 Å². The van der Waals surface area contributed by atoms with Crippen LogP contribution in [-0.2, 0) is 0 Å². The standard InChI is InChI=1S/C15H19NO2/c1-4-16-11(3)8-13(17)15-9-12-7-10(2)5-6-14(12)18-15/h5-7,9,11,16H,4,8H2,1-3H3. The fraction of sp³-hybridized carbons (Fsp3) is 0.400. The summed E-state index contributed by atoms with van der Waals surface area (Å²) < 4.78 is 5.59. The molecule has 1 aromatic carbocycles. The molecule has 0 radical (unpaired) electrons. The maximum atomic E-state index is 12.1. The lowest BCUT2D eigenvalue weighted by molar-refractivity contribution is 0.0947. The van der Waals surface area contributed by atoms with Crippen LogP contribution in [0.25, 0.3) is 11.0 Å². The number of carbonyl (C=O) groups is 1. The number of nitrogens with one attached hydrogen (secondary N) is 1. The number of benzene rings is 1. The molecule has 0 aliphatic carbocycles. The van der Waals surface area contributed by atoms with Gasteiger partial charge in [0, 0.05) is 17.8 Å². The number of aryl methyl sites for hydroxylation is 1. The van der Waals surface area contributed by atoms with Crippen molar-refractivity contribution in [3.8, 4) is 0 Å². The molecule has 1 heterocycles. The first-order chi connectivity index (χ1) is 8.60. The molecule has 3 heteroatoms. The minimum atomic E-state index is 0.0531. The second-order valence-corrected chi connectivity index (χ2v) is 4.74. The Balaban J connectivity index is 2.18. The fourth-order valence-corrected chi connectivity index (χ4v) is 2.10. The van der Waals surface area contributed by atoms with Crippen molar-refractivity contribution >= 4 is 16.8 Å². The summed E-state index contributed by atoms with van der Waals surface area (Å²) in [5.41, 5.74) is 1.95. The minimum Gasteiger partial charge on any atom is -0.453 e. The van der Waals surface area contributed by atoms with E-state index in [1.165, 1.54) is 5.56 Å². The smallest absolute Gasteiger partial charge is 0.199 e. The van der Waals surface area contributed by atoms with Crippen LogP contribution in [0.5, 0.6) is 0 Å². The van der Waals surface area contributed by atoms with Gasteiger partial charge in [-0.3, -0.25) is 4.79 Å². The first-order valence-electron chi connectivity index (χ1n) is 6.37. The highest BCUT2D eigenvalue weighted by Crippen LogP contribution is 2.21. The molecule has 1 unspecified atom stereocenters. The van der Waals surface area contributed by atoms with E-state index >= 15 is 0 Å². The number of Topliss-reactive ketones (excluding diaryl/α,β-unsaturated/α-hetero) is 1. The van der Waals surface area contributed by atoms with Crippen molar-refractivity contribution in [2.75, 3.05) is 6.54 Å². The molecule has 0 fully saturated rings. The molecule has 0 aliphatic rings. The molecule has 2 aromatic rings. The zero-order valence-electron chi connectivity index (χ0n) is 11.1. The van der Waals surface area contributed by atoms with Crippen molar-refractivity contribution in [2.24, 2.45) is 0 Å². The van der Waals surface area contributed by atoms with Crippen molar-refractivity contribution < 1.29 is 9.21 Å². The second kappa shape index (κ2) is 5.36. The highest BCUT2D eigenvalue weighted by Gasteiger charge is 2.15. The Hall–Kier alpha value is -1.61. The molecule has 0 amide bonds. The van der Waals surface area contributed by atoms with Crippen molar-refractivity contribution in [3.05, 3.63) is 35.6 Å². The Morgan fingerprint density at radius 1 is 1.39 bits per heavy atom. The molecule has 1 N–H and O–H groups in total. The second-order valence-electron chi connectivity index (χ2n) is 4.74. The molecule has 0 spiro atoms. The van der Waals surface area contributed by atoms with Crippen molar-refractivity contribution in [1.82, 2.24) is 5.32 Å². The molecule has 1 atom stereocenters. The number of hydrogen-bond donors (Lipinski definition) is 1. The van der Waals surface area contributed by atoms with Crippen molar-refractivity contribution in [2.45, 2.75) is 33.2 Å². The molecule has 18 heavy (non-hydrogen) atoms. The quantitative estimate of drug-likeness (QED) is 0.822. The van der Waals surface area contributed by atoms with E-state index in [0.29, 0.717) is 12.2 Å². The van der Waals surface area contributed by atoms with Gasteiger partial charge in [-0.1, -0.05) is 18.6 Å². The summed E-state index contributed by atoms with van der Waals surface area (Å²) in [5, 5.41) is 4.22. The molecule has 0 saturated carbocycles. The number of carbonyl (C=O) groups excluding carboxylic acids is 1. The fourth-order valence-electron chi connectivity index (χ4n) is 2.10. The van der Waals surface area contributed by atoms with Crippen LogP contribution in [0.1, 0.15) is 36.4 Å². The van der Waals surface area contributed by atoms with Crippen LogP contribution in [0.2, 0.25) is 0 Å². The van der Waals surface area contributed by atoms with Crippen LogP contribution < -0.4 is 5.32 Å². The van der Waals surface area contributed by atoms with Crippen LogP contribution in [0, 0.1) is 6.92 Å². The molecule has 3 nitrogen and oxygen atoms in total. The lowest BCUT2D eigenvalue weighted by Crippen LogP contribution is -2.28. The van der Waals surface area contributed by atoms with E-state index in [9.17, 15) is 4.79 Å². The first-order valence-corrected chi connectivity index (χ1v) is 6.37. The predicted octanol–water partition coefficient (Wildman–Crippen LogP) is 3.31. The van der Waals surface area contributed by atoms with Crippen molar-refractivity contribution in [3.63, 3.8) is 0 Å². The van der Waals surface area contributed by atoms with Gasteiger partial charge in [-0.15, -0.1) is 0 Å². The Morgan fingerprint density at radius 2 is 2.17 bits per heavy atom. The van der Waals surface area contributed by atoms with E-state index in [1.54, 1.807) is 0 Å². The summed E-state index contributed by atoms with van der Waals surface area (Å²) in [6.07, 6.45) is 0.465. The summed E-state index contributed by atoms with van der Waals surface area (Å²) in [6.45, 7) is 6.94. The third-order valence-electron chi connectivity index (χ3n) is 2.99. The zero-order valence-corrected chi connectivity index (χ0v) is 11.1. The van der Waals surface area contributed by atoms with Gasteiger partial charge >= 0.3 is 0 Å². The predicted molar refractivity (Wildman–Crippen MR) is 73.0 cm³/mol. The third-order valence-corrected chi connectivity index (χ3v) is 2.99. The summed E-state index contributed by atoms with van der Waals surface area (Å²) in [6, 6.07) is 7.95. The van der Waals surface area contributed by atoms with E-state index in [-0.39, 0.29) is 11.8 Å². The first kappa shape index (κ1) is 12.8. The van der Waals surface area contributed by atoms with Gasteiger partial charge in [0.25, 0.3) is 0 Å². The van der Waals surface area contributed by atoms with E-state index in [4.69, 9.17) is 4.42 Å². The average Bonchev–Trinajstić information content (AvgIpc) is 2.72. The van der Waals surface area contributed by atoms with Gasteiger partial charge in [0.2, 0.25) is 0 Å². The lowest BCUT2D eigenvalue weighted by atomic mass is 10.1. The molecule has 0 aliphatic heterocycles. The van der Waals surface area contributed by atoms with Crippen LogP contribution >= 0.6 is 0 Å². The zero-order chi connectivity index (χ0) is 13.1. The number of hydrogen-bond acceptors (Lipinski definition) is 3. The SMILES string of the molecule is CCNC(C)CC(=O)c1cc2cc(C)ccc2o1. The molecule has 1 aromatic heterocycles. The van der Waals surface area contributed by atoms with E-state index in [0.717, 1.165) is 17.5 Å². The summed E-state index contributed by atoms with van der Waals surface area (Å²) in [7, 11) is 0. The summed E-state index contributed by atoms with van der Waals surface area (Å²) in [5.74, 6) is 0.512. The summed E-state index contributed by atoms with van der Waals surface area (Å²) >= 11 is 0. The van der Waals surface area contributed by atoms with Gasteiger partial charge in [-0.05, 0) is 38.6 Å². The number of rotatable bonds is 5. The molecule has 0 bridgehead atoms. The van der Waals surface area contributed by atoms with Crippen molar-refractivity contribution in [1.29, 1.82) is 0 Å². The Labute approximate surface area is 107 Å². The van der Waals surface area contributed by atoms with Crippen LogP contribution in [0.3, 0.4) is 0 Å². The normalized spacial score (nSPS) is 12.8. The highest BCUT2D eigenvalue weighted by molar-refractivity contribution is 5.97. The van der Waals surface area contributed by atoms with E-state index < -0.39 is 0 Å². The number of ketones is 1. The van der Waals surface area contributed by atoms with Gasteiger partial charge in [-0.2, -0.15) is 0 Å². The Morgan fingerprint density at radius 3 is 2.89 bits per heavy atom. The minimum absolute atomic E-state index is 0.0531. The van der Waals surface area contributed by atoms with Crippen LogP contribution in [0.4, 0.5) is 0 Å². The maximum absolute atomic E-state index is 12.1. The topological polar surface area (TPSA) is 42.2 Å². The largest absolute Gasteiger partial charge is 0.453 e. The molecule has 96 valence electrons. The van der Waals surface area contributed by atoms with E-state index in [2.05, 4.69) is 5.32 Å². The molecule has 2 rings (SSSR count). The van der Waals surface area contributed by atoms with Crippen LogP contribution in [0.15, 0.2) is 28.7 Å². The lowest BCUT2D eigenvalue weighted by Gasteiger charge is -2.09. The Kier molecular flexibility index (Phi) is 3.82. The van der Waals surface area contributed by atoms with Gasteiger partial charge in [-0.25, -0.2) is 0 Å². The van der Waals surface area contributed by atoms with Gasteiger partial charge in [0.1, 0.15) is 5.58 Å².